The SMILES string of the molecule is CCC(CO)NC(CC#N)c1ccccc1. The maximum atomic E-state index is 9.14. The van der Waals surface area contributed by atoms with Crippen molar-refractivity contribution in [1.29, 1.82) is 5.26 Å². The molecule has 0 saturated carbocycles. The molecule has 2 N–H and O–H groups in total. The van der Waals surface area contributed by atoms with Crippen molar-refractivity contribution in [3.63, 3.8) is 0 Å². The van der Waals surface area contributed by atoms with E-state index in [2.05, 4.69) is 11.4 Å². The normalized spacial score (nSPS) is 14.1. The fraction of sp³-hybridized carbons (Fsp3) is 0.462. The maximum absolute atomic E-state index is 9.14. The lowest BCUT2D eigenvalue weighted by atomic mass is 10.0. The Balaban J connectivity index is 2.72. The van der Waals surface area contributed by atoms with Crippen LogP contribution in [0.5, 0.6) is 0 Å². The van der Waals surface area contributed by atoms with Gasteiger partial charge in [0.25, 0.3) is 0 Å². The molecule has 2 atom stereocenters. The number of benzene rings is 1. The zero-order chi connectivity index (χ0) is 11.8. The standard InChI is InChI=1S/C13H18N2O/c1-2-12(10-16)15-13(8-9-14)11-6-4-3-5-7-11/h3-7,12-13,15-16H,2,8,10H2,1H3. The maximum Gasteiger partial charge on any atom is 0.0641 e. The van der Waals surface area contributed by atoms with E-state index in [-0.39, 0.29) is 18.7 Å². The van der Waals surface area contributed by atoms with Gasteiger partial charge >= 0.3 is 0 Å². The molecule has 86 valence electrons. The van der Waals surface area contributed by atoms with E-state index in [0.29, 0.717) is 6.42 Å². The number of nitriles is 1. The van der Waals surface area contributed by atoms with Crippen molar-refractivity contribution in [1.82, 2.24) is 5.32 Å². The molecule has 3 heteroatoms. The topological polar surface area (TPSA) is 56.0 Å². The third-order valence-electron chi connectivity index (χ3n) is 2.65. The van der Waals surface area contributed by atoms with Gasteiger partial charge < -0.3 is 10.4 Å². The molecular weight excluding hydrogens is 200 g/mol. The highest BCUT2D eigenvalue weighted by Gasteiger charge is 2.14. The molecule has 16 heavy (non-hydrogen) atoms. The minimum absolute atomic E-state index is 0.00306. The van der Waals surface area contributed by atoms with Crippen molar-refractivity contribution >= 4 is 0 Å². The molecule has 0 heterocycles. The molecule has 0 bridgehead atoms. The van der Waals surface area contributed by atoms with Gasteiger partial charge in [-0.3, -0.25) is 0 Å². The summed E-state index contributed by atoms with van der Waals surface area (Å²) >= 11 is 0. The Bertz CT molecular complexity index is 328. The van der Waals surface area contributed by atoms with E-state index in [4.69, 9.17) is 10.4 Å². The molecule has 0 aliphatic carbocycles. The first-order chi connectivity index (χ1) is 7.81. The van der Waals surface area contributed by atoms with Crippen LogP contribution >= 0.6 is 0 Å². The van der Waals surface area contributed by atoms with Gasteiger partial charge in [-0.25, -0.2) is 0 Å². The van der Waals surface area contributed by atoms with Gasteiger partial charge in [0, 0.05) is 12.1 Å². The second-order valence-corrected chi connectivity index (χ2v) is 3.78. The Morgan fingerprint density at radius 2 is 2.06 bits per heavy atom. The molecule has 3 nitrogen and oxygen atoms in total. The van der Waals surface area contributed by atoms with Gasteiger partial charge in [0.2, 0.25) is 0 Å². The van der Waals surface area contributed by atoms with Crippen LogP contribution in [0.4, 0.5) is 0 Å². The summed E-state index contributed by atoms with van der Waals surface area (Å²) < 4.78 is 0. The third kappa shape index (κ3) is 3.65. The van der Waals surface area contributed by atoms with Gasteiger partial charge in [0.1, 0.15) is 0 Å². The molecule has 1 aromatic carbocycles. The largest absolute Gasteiger partial charge is 0.395 e. The number of aliphatic hydroxyl groups excluding tert-OH is 1. The highest BCUT2D eigenvalue weighted by atomic mass is 16.3. The molecule has 2 unspecified atom stereocenters. The van der Waals surface area contributed by atoms with Gasteiger partial charge in [0.05, 0.1) is 19.1 Å². The zero-order valence-electron chi connectivity index (χ0n) is 9.56. The number of nitrogens with one attached hydrogen (secondary N) is 1. The summed E-state index contributed by atoms with van der Waals surface area (Å²) in [5, 5.41) is 21.2. The van der Waals surface area contributed by atoms with E-state index in [9.17, 15) is 0 Å². The molecule has 0 amide bonds. The van der Waals surface area contributed by atoms with Crippen LogP contribution in [0.1, 0.15) is 31.4 Å². The predicted octanol–water partition coefficient (Wildman–Crippen LogP) is 2.00. The average Bonchev–Trinajstić information content (AvgIpc) is 2.35. The summed E-state index contributed by atoms with van der Waals surface area (Å²) in [7, 11) is 0. The Labute approximate surface area is 96.7 Å². The average molecular weight is 218 g/mol. The molecular formula is C13H18N2O. The van der Waals surface area contributed by atoms with Crippen LogP contribution in [0.2, 0.25) is 0 Å². The van der Waals surface area contributed by atoms with Crippen LogP contribution in [-0.2, 0) is 0 Å². The molecule has 0 radical (unpaired) electrons. The van der Waals surface area contributed by atoms with E-state index in [1.165, 1.54) is 0 Å². The third-order valence-corrected chi connectivity index (χ3v) is 2.65. The molecule has 0 saturated heterocycles. The first kappa shape index (κ1) is 12.7. The van der Waals surface area contributed by atoms with Crippen molar-refractivity contribution in [2.24, 2.45) is 0 Å². The van der Waals surface area contributed by atoms with Crippen LogP contribution in [-0.4, -0.2) is 17.8 Å². The fourth-order valence-corrected chi connectivity index (χ4v) is 1.63. The number of hydrogen-bond donors (Lipinski definition) is 2. The van der Waals surface area contributed by atoms with E-state index < -0.39 is 0 Å². The van der Waals surface area contributed by atoms with Crippen molar-refractivity contribution in [3.8, 4) is 6.07 Å². The van der Waals surface area contributed by atoms with E-state index in [1.54, 1.807) is 0 Å². The van der Waals surface area contributed by atoms with Crippen molar-refractivity contribution in [3.05, 3.63) is 35.9 Å². The van der Waals surface area contributed by atoms with Crippen LogP contribution in [0, 0.1) is 11.3 Å². The fourth-order valence-electron chi connectivity index (χ4n) is 1.63. The van der Waals surface area contributed by atoms with E-state index >= 15 is 0 Å². The zero-order valence-corrected chi connectivity index (χ0v) is 9.56. The Hall–Kier alpha value is -1.37. The summed E-state index contributed by atoms with van der Waals surface area (Å²) in [5.74, 6) is 0. The minimum Gasteiger partial charge on any atom is -0.395 e. The Kier molecular flexibility index (Phi) is 5.55. The van der Waals surface area contributed by atoms with Crippen LogP contribution in [0.3, 0.4) is 0 Å². The molecule has 0 spiro atoms. The summed E-state index contributed by atoms with van der Waals surface area (Å²) in [4.78, 5) is 0. The number of nitrogens with zero attached hydrogens (tertiary/aromatic N) is 1. The second-order valence-electron chi connectivity index (χ2n) is 3.78. The van der Waals surface area contributed by atoms with Gasteiger partial charge in [-0.05, 0) is 12.0 Å². The van der Waals surface area contributed by atoms with E-state index in [1.807, 2.05) is 37.3 Å². The minimum atomic E-state index is 0.00306. The first-order valence-electron chi connectivity index (χ1n) is 5.60. The monoisotopic (exact) mass is 218 g/mol. The number of hydrogen-bond acceptors (Lipinski definition) is 3. The highest BCUT2D eigenvalue weighted by molar-refractivity contribution is 5.20. The van der Waals surface area contributed by atoms with Gasteiger partial charge in [0.15, 0.2) is 0 Å². The van der Waals surface area contributed by atoms with Gasteiger partial charge in [-0.1, -0.05) is 37.3 Å². The van der Waals surface area contributed by atoms with Crippen LogP contribution in [0.25, 0.3) is 0 Å². The predicted molar refractivity (Wildman–Crippen MR) is 63.7 cm³/mol. The van der Waals surface area contributed by atoms with Crippen LogP contribution in [0.15, 0.2) is 30.3 Å². The summed E-state index contributed by atoms with van der Waals surface area (Å²) in [5.41, 5.74) is 1.09. The van der Waals surface area contributed by atoms with E-state index in [0.717, 1.165) is 12.0 Å². The molecule has 0 fully saturated rings. The smallest absolute Gasteiger partial charge is 0.0641 e. The quantitative estimate of drug-likeness (QED) is 0.768. The molecule has 0 aliphatic rings. The summed E-state index contributed by atoms with van der Waals surface area (Å²) in [6, 6.07) is 12.1. The number of aliphatic hydroxyl groups is 1. The lowest BCUT2D eigenvalue weighted by Gasteiger charge is -2.22. The number of rotatable bonds is 6. The van der Waals surface area contributed by atoms with Gasteiger partial charge in [-0.15, -0.1) is 0 Å². The van der Waals surface area contributed by atoms with Crippen molar-refractivity contribution < 1.29 is 5.11 Å². The molecule has 0 aliphatic heterocycles. The summed E-state index contributed by atoms with van der Waals surface area (Å²) in [6.45, 7) is 2.12. The first-order valence-corrected chi connectivity index (χ1v) is 5.60. The Morgan fingerprint density at radius 1 is 1.38 bits per heavy atom. The van der Waals surface area contributed by atoms with Crippen molar-refractivity contribution in [2.75, 3.05) is 6.61 Å². The lowest BCUT2D eigenvalue weighted by molar-refractivity contribution is 0.228. The van der Waals surface area contributed by atoms with Crippen molar-refractivity contribution in [2.45, 2.75) is 31.8 Å². The van der Waals surface area contributed by atoms with Gasteiger partial charge in [-0.2, -0.15) is 5.26 Å². The highest BCUT2D eigenvalue weighted by Crippen LogP contribution is 2.17. The summed E-state index contributed by atoms with van der Waals surface area (Å²) in [6.07, 6.45) is 1.27. The molecule has 1 aromatic rings. The molecule has 0 aromatic heterocycles. The molecule has 1 rings (SSSR count). The lowest BCUT2D eigenvalue weighted by Crippen LogP contribution is -2.35. The Morgan fingerprint density at radius 3 is 2.56 bits per heavy atom. The van der Waals surface area contributed by atoms with Crippen LogP contribution < -0.4 is 5.32 Å². The second kappa shape index (κ2) is 7.00.